The van der Waals surface area contributed by atoms with Gasteiger partial charge in [-0.3, -0.25) is 14.4 Å². The highest BCUT2D eigenvalue weighted by molar-refractivity contribution is 6.43. The number of nitrogens with two attached hydrogens (primary N) is 1. The highest BCUT2D eigenvalue weighted by Gasteiger charge is 2.36. The van der Waals surface area contributed by atoms with E-state index in [-0.39, 0.29) is 18.4 Å². The lowest BCUT2D eigenvalue weighted by Crippen LogP contribution is -2.48. The molecule has 6 N–H and O–H groups in total. The molecule has 2 rings (SSSR count). The fraction of sp³-hybridized carbons (Fsp3) is 0.526. The van der Waals surface area contributed by atoms with E-state index in [4.69, 9.17) is 5.73 Å². The summed E-state index contributed by atoms with van der Waals surface area (Å²) < 4.78 is 0. The summed E-state index contributed by atoms with van der Waals surface area (Å²) in [7, 11) is -1.58. The van der Waals surface area contributed by atoms with Gasteiger partial charge in [-0.1, -0.05) is 12.1 Å². The monoisotopic (exact) mass is 404 g/mol. The second kappa shape index (κ2) is 11.5. The minimum absolute atomic E-state index is 0.0352. The molecule has 1 heterocycles. The molecule has 0 aliphatic carbocycles. The lowest BCUT2D eigenvalue weighted by Gasteiger charge is -2.24. The molecule has 1 fully saturated rings. The van der Waals surface area contributed by atoms with Crippen LogP contribution in [-0.4, -0.2) is 65.4 Å². The van der Waals surface area contributed by atoms with Gasteiger partial charge in [-0.2, -0.15) is 0 Å². The average molecular weight is 404 g/mol. The van der Waals surface area contributed by atoms with E-state index in [1.54, 1.807) is 24.3 Å². The number of carbonyl (C=O) groups excluding carboxylic acids is 3. The quantitative estimate of drug-likeness (QED) is 0.254. The normalized spacial score (nSPS) is 15.8. The Labute approximate surface area is 170 Å². The molecule has 10 heteroatoms. The Morgan fingerprint density at radius 2 is 1.86 bits per heavy atom. The molecule has 1 aliphatic heterocycles. The summed E-state index contributed by atoms with van der Waals surface area (Å²) in [6, 6.07) is 6.75. The number of hydrogen-bond donors (Lipinski definition) is 5. The first-order valence-electron chi connectivity index (χ1n) is 9.92. The van der Waals surface area contributed by atoms with E-state index in [0.29, 0.717) is 44.5 Å². The molecule has 0 saturated carbocycles. The first-order chi connectivity index (χ1) is 13.9. The zero-order valence-corrected chi connectivity index (χ0v) is 16.5. The van der Waals surface area contributed by atoms with E-state index in [9.17, 15) is 24.4 Å². The van der Waals surface area contributed by atoms with E-state index in [2.05, 4.69) is 10.6 Å². The highest BCUT2D eigenvalue weighted by atomic mass is 16.4. The molecule has 0 radical (unpaired) electrons. The molecule has 158 valence electrons. The number of nitrogens with one attached hydrogen (secondary N) is 2. The van der Waals surface area contributed by atoms with Gasteiger partial charge in [-0.25, -0.2) is 0 Å². The fourth-order valence-corrected chi connectivity index (χ4v) is 3.26. The van der Waals surface area contributed by atoms with Crippen LogP contribution in [-0.2, 0) is 16.1 Å². The summed E-state index contributed by atoms with van der Waals surface area (Å²) in [5, 5.41) is 24.0. The van der Waals surface area contributed by atoms with Gasteiger partial charge in [0.15, 0.2) is 0 Å². The Kier molecular flexibility index (Phi) is 9.10. The van der Waals surface area contributed by atoms with E-state index in [1.807, 2.05) is 0 Å². The van der Waals surface area contributed by atoms with Crippen molar-refractivity contribution in [1.82, 2.24) is 15.5 Å². The number of hydrogen-bond acceptors (Lipinski definition) is 6. The SMILES string of the molecule is NCCCCC(=O)NCc1ccc(C(=O)NCC(=O)N2CCCC2B(O)O)cc1. The molecule has 1 saturated heterocycles. The van der Waals surface area contributed by atoms with Crippen molar-refractivity contribution in [2.45, 2.75) is 44.6 Å². The van der Waals surface area contributed by atoms with Crippen molar-refractivity contribution in [2.24, 2.45) is 5.73 Å². The molecule has 1 unspecified atom stereocenters. The van der Waals surface area contributed by atoms with Gasteiger partial charge in [0.25, 0.3) is 5.91 Å². The largest absolute Gasteiger partial charge is 0.475 e. The van der Waals surface area contributed by atoms with Crippen LogP contribution < -0.4 is 16.4 Å². The first-order valence-corrected chi connectivity index (χ1v) is 9.92. The number of carbonyl (C=O) groups is 3. The van der Waals surface area contributed by atoms with Crippen LogP contribution in [0.1, 0.15) is 48.0 Å². The van der Waals surface area contributed by atoms with Crippen molar-refractivity contribution in [3.05, 3.63) is 35.4 Å². The Morgan fingerprint density at radius 3 is 2.52 bits per heavy atom. The van der Waals surface area contributed by atoms with Crippen molar-refractivity contribution in [2.75, 3.05) is 19.6 Å². The zero-order chi connectivity index (χ0) is 21.2. The molecule has 29 heavy (non-hydrogen) atoms. The number of likely N-dealkylation sites (tertiary alicyclic amines) is 1. The van der Waals surface area contributed by atoms with E-state index >= 15 is 0 Å². The van der Waals surface area contributed by atoms with Crippen molar-refractivity contribution in [3.8, 4) is 0 Å². The summed E-state index contributed by atoms with van der Waals surface area (Å²) in [6.07, 6.45) is 3.25. The third-order valence-electron chi connectivity index (χ3n) is 4.93. The minimum atomic E-state index is -1.58. The number of unbranched alkanes of at least 4 members (excludes halogenated alkanes) is 1. The van der Waals surface area contributed by atoms with E-state index in [0.717, 1.165) is 18.4 Å². The zero-order valence-electron chi connectivity index (χ0n) is 16.5. The molecule has 1 atom stereocenters. The molecule has 1 aromatic rings. The van der Waals surface area contributed by atoms with Gasteiger partial charge < -0.3 is 31.3 Å². The molecule has 3 amide bonds. The molecule has 9 nitrogen and oxygen atoms in total. The summed E-state index contributed by atoms with van der Waals surface area (Å²) >= 11 is 0. The number of amides is 3. The molecule has 0 bridgehead atoms. The van der Waals surface area contributed by atoms with Gasteiger partial charge in [0.1, 0.15) is 0 Å². The van der Waals surface area contributed by atoms with Crippen molar-refractivity contribution < 1.29 is 24.4 Å². The number of benzene rings is 1. The Hall–Kier alpha value is -2.43. The third kappa shape index (κ3) is 7.15. The van der Waals surface area contributed by atoms with Crippen LogP contribution in [0.5, 0.6) is 0 Å². The maximum Gasteiger partial charge on any atom is 0.475 e. The van der Waals surface area contributed by atoms with E-state index in [1.165, 1.54) is 4.90 Å². The molecule has 0 aromatic heterocycles. The van der Waals surface area contributed by atoms with Crippen LogP contribution in [0.4, 0.5) is 0 Å². The standard InChI is InChI=1S/C19H29BN4O5/c21-10-2-1-5-17(25)22-12-14-6-8-15(9-7-14)19(27)23-13-18(26)24-11-3-4-16(24)20(28)29/h6-9,16,28-29H,1-5,10-13,21H2,(H,22,25)(H,23,27). The summed E-state index contributed by atoms with van der Waals surface area (Å²) in [4.78, 5) is 37.6. The van der Waals surface area contributed by atoms with Gasteiger partial charge in [0.2, 0.25) is 11.8 Å². The second-order valence-corrected chi connectivity index (χ2v) is 7.11. The summed E-state index contributed by atoms with van der Waals surface area (Å²) in [6.45, 7) is 1.19. The van der Waals surface area contributed by atoms with E-state index < -0.39 is 19.0 Å². The smallest absolute Gasteiger partial charge is 0.426 e. The molecular weight excluding hydrogens is 375 g/mol. The lowest BCUT2D eigenvalue weighted by atomic mass is 9.78. The minimum Gasteiger partial charge on any atom is -0.426 e. The molecule has 1 aromatic carbocycles. The van der Waals surface area contributed by atoms with Crippen molar-refractivity contribution >= 4 is 24.8 Å². The Morgan fingerprint density at radius 1 is 1.14 bits per heavy atom. The highest BCUT2D eigenvalue weighted by Crippen LogP contribution is 2.17. The van der Waals surface area contributed by atoms with Gasteiger partial charge in [-0.15, -0.1) is 0 Å². The third-order valence-corrected chi connectivity index (χ3v) is 4.93. The Balaban J connectivity index is 1.77. The van der Waals surface area contributed by atoms with Crippen LogP contribution in [0.3, 0.4) is 0 Å². The summed E-state index contributed by atoms with van der Waals surface area (Å²) in [5.41, 5.74) is 6.66. The topological polar surface area (TPSA) is 145 Å². The number of nitrogens with zero attached hydrogens (tertiary/aromatic N) is 1. The Bertz CT molecular complexity index is 698. The molecule has 1 aliphatic rings. The average Bonchev–Trinajstić information content (AvgIpc) is 3.21. The molecule has 0 spiro atoms. The maximum atomic E-state index is 12.2. The van der Waals surface area contributed by atoms with Gasteiger partial charge in [0, 0.05) is 25.1 Å². The van der Waals surface area contributed by atoms with Crippen LogP contribution in [0, 0.1) is 0 Å². The van der Waals surface area contributed by atoms with Crippen molar-refractivity contribution in [3.63, 3.8) is 0 Å². The lowest BCUT2D eigenvalue weighted by molar-refractivity contribution is -0.130. The fourth-order valence-electron chi connectivity index (χ4n) is 3.26. The second-order valence-electron chi connectivity index (χ2n) is 7.11. The van der Waals surface area contributed by atoms with Crippen LogP contribution >= 0.6 is 0 Å². The summed E-state index contributed by atoms with van der Waals surface area (Å²) in [5.74, 6) is -1.39. The van der Waals surface area contributed by atoms with Gasteiger partial charge >= 0.3 is 7.12 Å². The van der Waals surface area contributed by atoms with Gasteiger partial charge in [0.05, 0.1) is 12.5 Å². The van der Waals surface area contributed by atoms with Crippen molar-refractivity contribution in [1.29, 1.82) is 0 Å². The molecular formula is C19H29BN4O5. The maximum absolute atomic E-state index is 12.2. The number of rotatable bonds is 10. The predicted molar refractivity (Wildman–Crippen MR) is 108 cm³/mol. The van der Waals surface area contributed by atoms with Crippen LogP contribution in [0.2, 0.25) is 0 Å². The van der Waals surface area contributed by atoms with Gasteiger partial charge in [-0.05, 0) is 49.9 Å². The van der Waals surface area contributed by atoms with Crippen LogP contribution in [0.15, 0.2) is 24.3 Å². The predicted octanol–water partition coefficient (Wildman–Crippen LogP) is -0.835. The van der Waals surface area contributed by atoms with Crippen LogP contribution in [0.25, 0.3) is 0 Å². The first kappa shape index (κ1) is 22.9.